The zero-order valence-electron chi connectivity index (χ0n) is 18.1. The van der Waals surface area contributed by atoms with Crippen molar-refractivity contribution in [3.8, 4) is 17.2 Å². The molecule has 0 aliphatic carbocycles. The number of methoxy groups -OCH3 is 3. The molecule has 0 unspecified atom stereocenters. The molecule has 32 heavy (non-hydrogen) atoms. The maximum absolute atomic E-state index is 13.1. The average Bonchev–Trinajstić information content (AvgIpc) is 3.18. The molecule has 3 aromatic rings. The molecule has 0 spiro atoms. The Balaban J connectivity index is 1.50. The number of rotatable bonds is 7. The minimum absolute atomic E-state index is 0.116. The summed E-state index contributed by atoms with van der Waals surface area (Å²) in [7, 11) is 4.67. The molecule has 1 aliphatic rings. The standard InChI is InChI=1S/C26H23NO5/c1-30-21-12-4-17(5-13-21)6-14-22(28)18-7-10-20(11-8-18)27-16-19-9-15-23(31-2)25(32-3)24(19)26(27)29/h4-15H,16H2,1-3H3/b14-6-. The lowest BCUT2D eigenvalue weighted by molar-refractivity contribution is 0.0992. The first-order valence-corrected chi connectivity index (χ1v) is 10.1. The number of nitrogens with zero attached hydrogens (tertiary/aromatic N) is 1. The highest BCUT2D eigenvalue weighted by Crippen LogP contribution is 2.39. The van der Waals surface area contributed by atoms with Gasteiger partial charge in [0.1, 0.15) is 5.75 Å². The van der Waals surface area contributed by atoms with Crippen molar-refractivity contribution in [1.29, 1.82) is 0 Å². The van der Waals surface area contributed by atoms with Crippen LogP contribution in [0.5, 0.6) is 17.2 Å². The van der Waals surface area contributed by atoms with E-state index >= 15 is 0 Å². The Morgan fingerprint density at radius 2 is 1.59 bits per heavy atom. The Hall–Kier alpha value is -4.06. The molecular weight excluding hydrogens is 406 g/mol. The van der Waals surface area contributed by atoms with Crippen LogP contribution in [-0.4, -0.2) is 33.0 Å². The molecule has 6 heteroatoms. The van der Waals surface area contributed by atoms with E-state index in [1.165, 1.54) is 13.2 Å². The monoisotopic (exact) mass is 429 g/mol. The summed E-state index contributed by atoms with van der Waals surface area (Å²) >= 11 is 0. The first-order chi connectivity index (χ1) is 15.5. The molecule has 0 N–H and O–H groups in total. The number of fused-ring (bicyclic) bond motifs is 1. The van der Waals surface area contributed by atoms with Gasteiger partial charge in [0, 0.05) is 11.3 Å². The number of allylic oxidation sites excluding steroid dienone is 1. The van der Waals surface area contributed by atoms with Gasteiger partial charge in [0.05, 0.1) is 33.4 Å². The number of benzene rings is 3. The molecule has 1 aliphatic heterocycles. The van der Waals surface area contributed by atoms with E-state index in [-0.39, 0.29) is 11.7 Å². The Kier molecular flexibility index (Phi) is 5.94. The smallest absolute Gasteiger partial charge is 0.262 e. The molecule has 1 heterocycles. The largest absolute Gasteiger partial charge is 0.497 e. The lowest BCUT2D eigenvalue weighted by atomic mass is 10.1. The van der Waals surface area contributed by atoms with Crippen LogP contribution in [-0.2, 0) is 6.54 Å². The van der Waals surface area contributed by atoms with E-state index in [0.717, 1.165) is 16.9 Å². The van der Waals surface area contributed by atoms with E-state index in [4.69, 9.17) is 14.2 Å². The molecule has 4 rings (SSSR count). The maximum atomic E-state index is 13.1. The summed E-state index contributed by atoms with van der Waals surface area (Å²) in [6, 6.07) is 18.1. The Labute approximate surface area is 186 Å². The van der Waals surface area contributed by atoms with E-state index in [1.54, 1.807) is 55.5 Å². The highest BCUT2D eigenvalue weighted by Gasteiger charge is 2.33. The third-order valence-corrected chi connectivity index (χ3v) is 5.43. The molecule has 0 saturated heterocycles. The van der Waals surface area contributed by atoms with Crippen molar-refractivity contribution in [2.75, 3.05) is 26.2 Å². The van der Waals surface area contributed by atoms with Crippen LogP contribution in [0.3, 0.4) is 0 Å². The fourth-order valence-electron chi connectivity index (χ4n) is 3.71. The number of hydrogen-bond donors (Lipinski definition) is 0. The first kappa shape index (κ1) is 21.2. The van der Waals surface area contributed by atoms with Gasteiger partial charge in [-0.3, -0.25) is 9.59 Å². The second-order valence-electron chi connectivity index (χ2n) is 7.24. The summed E-state index contributed by atoms with van der Waals surface area (Å²) in [4.78, 5) is 27.3. The molecule has 0 aromatic heterocycles. The van der Waals surface area contributed by atoms with Crippen LogP contribution in [0.15, 0.2) is 66.7 Å². The van der Waals surface area contributed by atoms with Gasteiger partial charge in [-0.25, -0.2) is 0 Å². The SMILES string of the molecule is COc1ccc(/C=C\C(=O)c2ccc(N3Cc4ccc(OC)c(OC)c4C3=O)cc2)cc1. The summed E-state index contributed by atoms with van der Waals surface area (Å²) in [5.41, 5.74) is 3.54. The lowest BCUT2D eigenvalue weighted by Gasteiger charge is -2.16. The van der Waals surface area contributed by atoms with Gasteiger partial charge in [-0.1, -0.05) is 24.3 Å². The summed E-state index contributed by atoms with van der Waals surface area (Å²) in [5, 5.41) is 0. The number of amides is 1. The van der Waals surface area contributed by atoms with Crippen molar-refractivity contribution >= 4 is 23.5 Å². The Morgan fingerprint density at radius 3 is 2.22 bits per heavy atom. The third-order valence-electron chi connectivity index (χ3n) is 5.43. The Morgan fingerprint density at radius 1 is 0.875 bits per heavy atom. The molecule has 162 valence electrons. The second kappa shape index (κ2) is 8.98. The van der Waals surface area contributed by atoms with Crippen LogP contribution in [0, 0.1) is 0 Å². The minimum atomic E-state index is -0.158. The molecule has 0 saturated carbocycles. The van der Waals surface area contributed by atoms with Crippen molar-refractivity contribution in [2.45, 2.75) is 6.54 Å². The molecule has 3 aromatic carbocycles. The fourth-order valence-corrected chi connectivity index (χ4v) is 3.71. The molecular formula is C26H23NO5. The number of hydrogen-bond acceptors (Lipinski definition) is 5. The predicted octanol–water partition coefficient (Wildman–Crippen LogP) is 4.77. The summed E-state index contributed by atoms with van der Waals surface area (Å²) in [5.74, 6) is 1.45. The highest BCUT2D eigenvalue weighted by molar-refractivity contribution is 6.12. The van der Waals surface area contributed by atoms with E-state index in [9.17, 15) is 9.59 Å². The maximum Gasteiger partial charge on any atom is 0.262 e. The Bertz CT molecular complexity index is 1180. The molecule has 0 fully saturated rings. The van der Waals surface area contributed by atoms with Crippen molar-refractivity contribution in [3.63, 3.8) is 0 Å². The predicted molar refractivity (Wildman–Crippen MR) is 123 cm³/mol. The van der Waals surface area contributed by atoms with Crippen LogP contribution >= 0.6 is 0 Å². The number of carbonyl (C=O) groups is 2. The van der Waals surface area contributed by atoms with E-state index < -0.39 is 0 Å². The van der Waals surface area contributed by atoms with Gasteiger partial charge >= 0.3 is 0 Å². The van der Waals surface area contributed by atoms with Crippen molar-refractivity contribution in [3.05, 3.63) is 89.0 Å². The number of anilines is 1. The van der Waals surface area contributed by atoms with Gasteiger partial charge in [0.2, 0.25) is 0 Å². The van der Waals surface area contributed by atoms with Gasteiger partial charge in [0.25, 0.3) is 5.91 Å². The van der Waals surface area contributed by atoms with Gasteiger partial charge in [-0.15, -0.1) is 0 Å². The van der Waals surface area contributed by atoms with Gasteiger partial charge in [-0.2, -0.15) is 0 Å². The van der Waals surface area contributed by atoms with Crippen molar-refractivity contribution in [1.82, 2.24) is 0 Å². The van der Waals surface area contributed by atoms with Crippen LogP contribution in [0.4, 0.5) is 5.69 Å². The fraction of sp³-hybridized carbons (Fsp3) is 0.154. The molecule has 1 amide bonds. The van der Waals surface area contributed by atoms with Crippen LogP contribution in [0.2, 0.25) is 0 Å². The normalized spacial score (nSPS) is 12.7. The highest BCUT2D eigenvalue weighted by atomic mass is 16.5. The summed E-state index contributed by atoms with van der Waals surface area (Å²) in [6.45, 7) is 0.430. The molecule has 6 nitrogen and oxygen atoms in total. The number of ketones is 1. The van der Waals surface area contributed by atoms with Crippen LogP contribution in [0.25, 0.3) is 6.08 Å². The zero-order chi connectivity index (χ0) is 22.7. The van der Waals surface area contributed by atoms with Crippen molar-refractivity contribution in [2.24, 2.45) is 0 Å². The second-order valence-corrected chi connectivity index (χ2v) is 7.24. The molecule has 0 radical (unpaired) electrons. The van der Waals surface area contributed by atoms with E-state index in [1.807, 2.05) is 30.3 Å². The number of carbonyl (C=O) groups excluding carboxylic acids is 2. The summed E-state index contributed by atoms with van der Waals surface area (Å²) < 4.78 is 15.9. The van der Waals surface area contributed by atoms with Crippen molar-refractivity contribution < 1.29 is 23.8 Å². The van der Waals surface area contributed by atoms with E-state index in [0.29, 0.717) is 34.9 Å². The average molecular weight is 429 g/mol. The van der Waals surface area contributed by atoms with Gasteiger partial charge < -0.3 is 19.1 Å². The van der Waals surface area contributed by atoms with Crippen LogP contribution < -0.4 is 19.1 Å². The van der Waals surface area contributed by atoms with Gasteiger partial charge in [-0.05, 0) is 59.7 Å². The van der Waals surface area contributed by atoms with Gasteiger partial charge in [0.15, 0.2) is 17.3 Å². The summed E-state index contributed by atoms with van der Waals surface area (Å²) in [6.07, 6.45) is 3.29. The van der Waals surface area contributed by atoms with Crippen LogP contribution in [0.1, 0.15) is 31.8 Å². The van der Waals surface area contributed by atoms with E-state index in [2.05, 4.69) is 0 Å². The quantitative estimate of drug-likeness (QED) is 0.400. The zero-order valence-corrected chi connectivity index (χ0v) is 18.1. The lowest BCUT2D eigenvalue weighted by Crippen LogP contribution is -2.23. The molecule has 0 atom stereocenters. The number of ether oxygens (including phenoxy) is 3. The minimum Gasteiger partial charge on any atom is -0.497 e. The molecule has 0 bridgehead atoms. The third kappa shape index (κ3) is 3.95. The first-order valence-electron chi connectivity index (χ1n) is 10.1. The topological polar surface area (TPSA) is 65.1 Å².